The number of anilines is 1. The Morgan fingerprint density at radius 2 is 2.12 bits per heavy atom. The maximum absolute atomic E-state index is 12.3. The van der Waals surface area contributed by atoms with Crippen molar-refractivity contribution < 1.29 is 4.79 Å². The van der Waals surface area contributed by atoms with Crippen LogP contribution < -0.4 is 10.7 Å². The highest BCUT2D eigenvalue weighted by atomic mass is 127. The Hall–Kier alpha value is -1.60. The highest BCUT2D eigenvalue weighted by Gasteiger charge is 2.16. The highest BCUT2D eigenvalue weighted by Crippen LogP contribution is 2.19. The number of nitrogens with one attached hydrogen (secondary N) is 2. The quantitative estimate of drug-likeness (QED) is 0.380. The van der Waals surface area contributed by atoms with Crippen LogP contribution in [0.1, 0.15) is 24.5 Å². The fourth-order valence-corrected chi connectivity index (χ4v) is 3.01. The van der Waals surface area contributed by atoms with Crippen molar-refractivity contribution in [2.75, 3.05) is 5.32 Å². The van der Waals surface area contributed by atoms with E-state index in [2.05, 4.69) is 44.5 Å². The second-order valence-electron chi connectivity index (χ2n) is 5.35. The number of nitrogens with zero attached hydrogens (tertiary/aromatic N) is 1. The van der Waals surface area contributed by atoms with Gasteiger partial charge in [0.2, 0.25) is 0 Å². The van der Waals surface area contributed by atoms with Gasteiger partial charge < -0.3 is 5.32 Å². The van der Waals surface area contributed by atoms with E-state index in [1.807, 2.05) is 38.1 Å². The van der Waals surface area contributed by atoms with Gasteiger partial charge >= 0.3 is 0 Å². The molecule has 0 fully saturated rings. The molecule has 0 unspecified atom stereocenters. The third-order valence-corrected chi connectivity index (χ3v) is 4.39. The molecule has 0 bridgehead atoms. The summed E-state index contributed by atoms with van der Waals surface area (Å²) in [5, 5.41) is 7.91. The molecular formula is C18H19ClIN3O. The third kappa shape index (κ3) is 5.49. The molecule has 24 heavy (non-hydrogen) atoms. The lowest BCUT2D eigenvalue weighted by Gasteiger charge is -2.18. The zero-order valence-electron chi connectivity index (χ0n) is 13.5. The second-order valence-corrected chi connectivity index (χ2v) is 7.04. The summed E-state index contributed by atoms with van der Waals surface area (Å²) in [4.78, 5) is 12.3. The van der Waals surface area contributed by atoms with E-state index < -0.39 is 0 Å². The van der Waals surface area contributed by atoms with Crippen molar-refractivity contribution in [3.8, 4) is 0 Å². The van der Waals surface area contributed by atoms with Crippen LogP contribution in [0, 0.1) is 10.5 Å². The zero-order valence-corrected chi connectivity index (χ0v) is 16.4. The van der Waals surface area contributed by atoms with Gasteiger partial charge in [-0.25, -0.2) is 5.43 Å². The van der Waals surface area contributed by atoms with Gasteiger partial charge in [-0.05, 0) is 77.4 Å². The molecule has 0 radical (unpaired) electrons. The first-order valence-electron chi connectivity index (χ1n) is 7.60. The minimum Gasteiger partial charge on any atom is -0.373 e. The van der Waals surface area contributed by atoms with Crippen LogP contribution in [0.5, 0.6) is 0 Å². The number of rotatable bonds is 6. The average molecular weight is 456 g/mol. The van der Waals surface area contributed by atoms with Crippen LogP contribution in [-0.2, 0) is 4.79 Å². The lowest BCUT2D eigenvalue weighted by Crippen LogP contribution is -2.37. The Balaban J connectivity index is 1.98. The first-order chi connectivity index (χ1) is 11.5. The van der Waals surface area contributed by atoms with Crippen LogP contribution in [0.25, 0.3) is 0 Å². The summed E-state index contributed by atoms with van der Waals surface area (Å²) in [5.41, 5.74) is 5.47. The van der Waals surface area contributed by atoms with Crippen molar-refractivity contribution in [2.24, 2.45) is 5.10 Å². The summed E-state index contributed by atoms with van der Waals surface area (Å²) in [6, 6.07) is 13.0. The van der Waals surface area contributed by atoms with E-state index >= 15 is 0 Å². The Bertz CT molecular complexity index is 749. The zero-order chi connectivity index (χ0) is 17.5. The van der Waals surface area contributed by atoms with Crippen molar-refractivity contribution in [2.45, 2.75) is 26.3 Å². The molecule has 2 aromatic carbocycles. The number of hydrazone groups is 1. The molecule has 0 heterocycles. The molecule has 1 amide bonds. The van der Waals surface area contributed by atoms with Crippen molar-refractivity contribution >= 4 is 52.0 Å². The largest absolute Gasteiger partial charge is 0.373 e. The van der Waals surface area contributed by atoms with Crippen LogP contribution in [0.2, 0.25) is 5.02 Å². The standard InChI is InChI=1S/C18H19ClIN3O/c1-3-16(22-17-8-7-15(20)9-12(17)2)18(24)23-21-11-13-5-4-6-14(19)10-13/h4-11,16,22H,3H2,1-2H3,(H,23,24)/b21-11-/t16-/m0/s1. The molecule has 0 saturated heterocycles. The van der Waals surface area contributed by atoms with Gasteiger partial charge in [0.05, 0.1) is 6.21 Å². The van der Waals surface area contributed by atoms with Crippen molar-refractivity contribution in [1.29, 1.82) is 0 Å². The van der Waals surface area contributed by atoms with Crippen molar-refractivity contribution in [3.63, 3.8) is 0 Å². The maximum Gasteiger partial charge on any atom is 0.262 e. The van der Waals surface area contributed by atoms with Gasteiger partial charge in [0, 0.05) is 14.3 Å². The number of aryl methyl sites for hydroxylation is 1. The summed E-state index contributed by atoms with van der Waals surface area (Å²) in [6.07, 6.45) is 2.23. The number of benzene rings is 2. The molecule has 0 aliphatic carbocycles. The van der Waals surface area contributed by atoms with E-state index in [1.165, 1.54) is 3.57 Å². The molecule has 0 spiro atoms. The summed E-state index contributed by atoms with van der Waals surface area (Å²) < 4.78 is 1.17. The predicted octanol–water partition coefficient (Wildman–Crippen LogP) is 4.59. The summed E-state index contributed by atoms with van der Waals surface area (Å²) in [7, 11) is 0. The van der Waals surface area contributed by atoms with Crippen molar-refractivity contribution in [1.82, 2.24) is 5.43 Å². The average Bonchev–Trinajstić information content (AvgIpc) is 2.54. The van der Waals surface area contributed by atoms with Crippen molar-refractivity contribution in [3.05, 3.63) is 62.2 Å². The van der Waals surface area contributed by atoms with Gasteiger partial charge in [-0.3, -0.25) is 4.79 Å². The van der Waals surface area contributed by atoms with E-state index in [-0.39, 0.29) is 11.9 Å². The van der Waals surface area contributed by atoms with E-state index in [9.17, 15) is 4.79 Å². The van der Waals surface area contributed by atoms with E-state index in [0.717, 1.165) is 16.8 Å². The van der Waals surface area contributed by atoms with Crippen LogP contribution in [0.3, 0.4) is 0 Å². The number of carbonyl (C=O) groups is 1. The normalized spacial score (nSPS) is 12.2. The minimum atomic E-state index is -0.347. The molecule has 0 saturated carbocycles. The number of hydrogen-bond donors (Lipinski definition) is 2. The lowest BCUT2D eigenvalue weighted by atomic mass is 10.1. The summed E-state index contributed by atoms with van der Waals surface area (Å²) in [6.45, 7) is 3.98. The molecule has 6 heteroatoms. The smallest absolute Gasteiger partial charge is 0.262 e. The Morgan fingerprint density at radius 1 is 1.33 bits per heavy atom. The van der Waals surface area contributed by atoms with Gasteiger partial charge in [-0.1, -0.05) is 30.7 Å². The SMILES string of the molecule is CC[C@H](Nc1ccc(I)cc1C)C(=O)N/N=C\c1cccc(Cl)c1. The molecule has 1 atom stereocenters. The molecule has 0 aliphatic heterocycles. The minimum absolute atomic E-state index is 0.172. The van der Waals surface area contributed by atoms with Crippen LogP contribution >= 0.6 is 34.2 Å². The van der Waals surface area contributed by atoms with Gasteiger partial charge in [-0.15, -0.1) is 0 Å². The van der Waals surface area contributed by atoms with Crippen LogP contribution in [-0.4, -0.2) is 18.2 Å². The Morgan fingerprint density at radius 3 is 2.79 bits per heavy atom. The van der Waals surface area contributed by atoms with E-state index in [4.69, 9.17) is 11.6 Å². The van der Waals surface area contributed by atoms with E-state index in [1.54, 1.807) is 18.3 Å². The van der Waals surface area contributed by atoms with E-state index in [0.29, 0.717) is 11.4 Å². The topological polar surface area (TPSA) is 53.5 Å². The molecule has 2 N–H and O–H groups in total. The molecular weight excluding hydrogens is 437 g/mol. The lowest BCUT2D eigenvalue weighted by molar-refractivity contribution is -0.121. The molecule has 0 aromatic heterocycles. The fraction of sp³-hybridized carbons (Fsp3) is 0.222. The first kappa shape index (κ1) is 18.7. The Labute approximate surface area is 160 Å². The van der Waals surface area contributed by atoms with Crippen LogP contribution in [0.4, 0.5) is 5.69 Å². The van der Waals surface area contributed by atoms with Gasteiger partial charge in [-0.2, -0.15) is 5.10 Å². The highest BCUT2D eigenvalue weighted by molar-refractivity contribution is 14.1. The number of halogens is 2. The molecule has 2 aromatic rings. The molecule has 2 rings (SSSR count). The predicted molar refractivity (Wildman–Crippen MR) is 109 cm³/mol. The maximum atomic E-state index is 12.3. The first-order valence-corrected chi connectivity index (χ1v) is 9.06. The number of amides is 1. The van der Waals surface area contributed by atoms with Gasteiger partial charge in [0.15, 0.2) is 0 Å². The monoisotopic (exact) mass is 455 g/mol. The Kier molecular flexibility index (Phi) is 7.05. The van der Waals surface area contributed by atoms with Crippen LogP contribution in [0.15, 0.2) is 47.6 Å². The summed E-state index contributed by atoms with van der Waals surface area (Å²) >= 11 is 8.18. The molecule has 4 nitrogen and oxygen atoms in total. The molecule has 0 aliphatic rings. The van der Waals surface area contributed by atoms with Gasteiger partial charge in [0.1, 0.15) is 6.04 Å². The summed E-state index contributed by atoms with van der Waals surface area (Å²) in [5.74, 6) is -0.172. The number of hydrogen-bond acceptors (Lipinski definition) is 3. The third-order valence-electron chi connectivity index (χ3n) is 3.48. The second kappa shape index (κ2) is 9.03. The van der Waals surface area contributed by atoms with Gasteiger partial charge in [0.25, 0.3) is 5.91 Å². The fourth-order valence-electron chi connectivity index (χ4n) is 2.16. The molecule has 126 valence electrons. The number of carbonyl (C=O) groups excluding carboxylic acids is 1.